The van der Waals surface area contributed by atoms with Gasteiger partial charge in [0.05, 0.1) is 23.4 Å². The lowest BCUT2D eigenvalue weighted by Crippen LogP contribution is -2.13. The Kier molecular flexibility index (Phi) is 7.99. The monoisotopic (exact) mass is 553 g/mol. The second kappa shape index (κ2) is 11.1. The molecule has 1 aliphatic carbocycles. The van der Waals surface area contributed by atoms with Crippen LogP contribution in [0.5, 0.6) is 5.75 Å². The number of carbonyl (C=O) groups is 1. The fourth-order valence-corrected chi connectivity index (χ4v) is 4.32. The zero-order valence-corrected chi connectivity index (χ0v) is 20.5. The van der Waals surface area contributed by atoms with Gasteiger partial charge in [0.1, 0.15) is 23.9 Å². The summed E-state index contributed by atoms with van der Waals surface area (Å²) in [6.45, 7) is 1.11. The summed E-state index contributed by atoms with van der Waals surface area (Å²) in [5.41, 5.74) is -2.17. The molecule has 0 spiro atoms. The van der Waals surface area contributed by atoms with E-state index in [4.69, 9.17) is 9.47 Å². The first kappa shape index (κ1) is 28.1. The highest BCUT2D eigenvalue weighted by atomic mass is 19.4. The van der Waals surface area contributed by atoms with E-state index < -0.39 is 41.0 Å². The summed E-state index contributed by atoms with van der Waals surface area (Å²) in [6, 6.07) is 9.84. The molecule has 206 valence electrons. The predicted molar refractivity (Wildman–Crippen MR) is 128 cm³/mol. The zero-order valence-electron chi connectivity index (χ0n) is 20.5. The van der Waals surface area contributed by atoms with Crippen LogP contribution >= 0.6 is 0 Å². The van der Waals surface area contributed by atoms with Crippen LogP contribution in [0.2, 0.25) is 0 Å². The Bertz CT molecular complexity index is 1410. The van der Waals surface area contributed by atoms with Crippen molar-refractivity contribution in [3.8, 4) is 5.75 Å². The minimum atomic E-state index is -4.82. The number of rotatable bonds is 7. The number of hydrogen-bond donors (Lipinski definition) is 0. The maximum atomic E-state index is 14.1. The average Bonchev–Trinajstić information content (AvgIpc) is 3.37. The van der Waals surface area contributed by atoms with Gasteiger partial charge in [0, 0.05) is 11.1 Å². The normalized spacial score (nSPS) is 14.1. The predicted octanol–water partition coefficient (Wildman–Crippen LogP) is 8.11. The minimum Gasteiger partial charge on any atom is -0.488 e. The van der Waals surface area contributed by atoms with E-state index in [9.17, 15) is 35.5 Å². The summed E-state index contributed by atoms with van der Waals surface area (Å²) in [7, 11) is 0. The van der Waals surface area contributed by atoms with Gasteiger partial charge in [-0.2, -0.15) is 26.3 Å². The van der Waals surface area contributed by atoms with Gasteiger partial charge in [0.2, 0.25) is 0 Å². The van der Waals surface area contributed by atoms with Crippen molar-refractivity contribution < 1.29 is 45.0 Å². The van der Waals surface area contributed by atoms with Crippen molar-refractivity contribution in [3.63, 3.8) is 0 Å². The Morgan fingerprint density at radius 2 is 1.59 bits per heavy atom. The molecule has 0 saturated heterocycles. The van der Waals surface area contributed by atoms with Crippen molar-refractivity contribution >= 4 is 17.1 Å². The highest BCUT2D eigenvalue weighted by Crippen LogP contribution is 2.45. The van der Waals surface area contributed by atoms with E-state index in [0.29, 0.717) is 18.1 Å². The number of allylic oxidation sites excluding steroid dienone is 2. The summed E-state index contributed by atoms with van der Waals surface area (Å²) in [5.74, 6) is -1.62. The average molecular weight is 553 g/mol. The van der Waals surface area contributed by atoms with Gasteiger partial charge in [-0.3, -0.25) is 0 Å². The van der Waals surface area contributed by atoms with Gasteiger partial charge in [-0.25, -0.2) is 14.2 Å². The zero-order chi connectivity index (χ0) is 28.4. The molecule has 3 aromatic rings. The molecule has 0 unspecified atom stereocenters. The van der Waals surface area contributed by atoms with Crippen molar-refractivity contribution in [2.45, 2.75) is 45.1 Å². The van der Waals surface area contributed by atoms with E-state index in [1.54, 1.807) is 6.07 Å². The summed E-state index contributed by atoms with van der Waals surface area (Å²) in [5, 5.41) is 0. The number of nitrogens with zero attached hydrogens (tertiary/aromatic N) is 1. The van der Waals surface area contributed by atoms with Crippen LogP contribution < -0.4 is 4.74 Å². The fourth-order valence-electron chi connectivity index (χ4n) is 4.32. The van der Waals surface area contributed by atoms with Crippen molar-refractivity contribution in [2.75, 3.05) is 6.61 Å². The van der Waals surface area contributed by atoms with E-state index in [1.807, 2.05) is 0 Å². The molecule has 2 aromatic carbocycles. The van der Waals surface area contributed by atoms with Gasteiger partial charge in [-0.15, -0.1) is 0 Å². The third-order valence-electron chi connectivity index (χ3n) is 6.14. The van der Waals surface area contributed by atoms with E-state index in [-0.39, 0.29) is 54.2 Å². The van der Waals surface area contributed by atoms with Crippen LogP contribution in [0.15, 0.2) is 54.6 Å². The quantitative estimate of drug-likeness (QED) is 0.219. The van der Waals surface area contributed by atoms with E-state index in [2.05, 4.69) is 4.98 Å². The van der Waals surface area contributed by atoms with E-state index >= 15 is 0 Å². The number of aromatic nitrogens is 1. The first-order valence-corrected chi connectivity index (χ1v) is 11.9. The van der Waals surface area contributed by atoms with Crippen molar-refractivity contribution in [1.29, 1.82) is 0 Å². The number of esters is 1. The number of hydrogen-bond acceptors (Lipinski definition) is 4. The number of ether oxygens (including phenoxy) is 2. The highest BCUT2D eigenvalue weighted by Gasteiger charge is 2.35. The van der Waals surface area contributed by atoms with Crippen LogP contribution in [-0.4, -0.2) is 17.6 Å². The van der Waals surface area contributed by atoms with Gasteiger partial charge < -0.3 is 9.47 Å². The van der Waals surface area contributed by atoms with Crippen LogP contribution in [0.4, 0.5) is 30.7 Å². The number of benzene rings is 2. The molecule has 1 aromatic heterocycles. The summed E-state index contributed by atoms with van der Waals surface area (Å²) in [6.07, 6.45) is -8.68. The Morgan fingerprint density at radius 3 is 2.26 bits per heavy atom. The SMILES string of the molecule is CCOC(=O)c1cc(C(F)(F)F)cc(C2=C(c3cc(C(F)(F)F)ccc3OCc3ccccc3F)CCC2)n1. The topological polar surface area (TPSA) is 48.4 Å². The smallest absolute Gasteiger partial charge is 0.416 e. The van der Waals surface area contributed by atoms with E-state index in [1.165, 1.54) is 25.1 Å². The van der Waals surface area contributed by atoms with Gasteiger partial charge in [-0.05, 0) is 73.7 Å². The molecule has 11 heteroatoms. The molecule has 0 radical (unpaired) electrons. The highest BCUT2D eigenvalue weighted by molar-refractivity contribution is 5.95. The Balaban J connectivity index is 1.86. The van der Waals surface area contributed by atoms with Gasteiger partial charge >= 0.3 is 18.3 Å². The Morgan fingerprint density at radius 1 is 0.897 bits per heavy atom. The molecule has 39 heavy (non-hydrogen) atoms. The second-order valence-electron chi connectivity index (χ2n) is 8.74. The number of carbonyl (C=O) groups excluding carboxylic acids is 1. The van der Waals surface area contributed by atoms with Gasteiger partial charge in [0.25, 0.3) is 0 Å². The van der Waals surface area contributed by atoms with Crippen LogP contribution in [-0.2, 0) is 23.7 Å². The van der Waals surface area contributed by atoms with Crippen molar-refractivity contribution in [2.24, 2.45) is 0 Å². The van der Waals surface area contributed by atoms with Crippen LogP contribution in [0.25, 0.3) is 11.1 Å². The molecule has 0 saturated carbocycles. The second-order valence-corrected chi connectivity index (χ2v) is 8.74. The first-order chi connectivity index (χ1) is 18.4. The lowest BCUT2D eigenvalue weighted by Gasteiger charge is -2.18. The third kappa shape index (κ3) is 6.40. The molecule has 1 aliphatic rings. The Hall–Kier alpha value is -3.89. The molecule has 4 nitrogen and oxygen atoms in total. The molecular weight excluding hydrogens is 531 g/mol. The molecule has 1 heterocycles. The van der Waals surface area contributed by atoms with Crippen LogP contribution in [0.1, 0.15) is 64.6 Å². The lowest BCUT2D eigenvalue weighted by atomic mass is 9.96. The van der Waals surface area contributed by atoms with Gasteiger partial charge in [-0.1, -0.05) is 18.2 Å². The molecule has 0 atom stereocenters. The third-order valence-corrected chi connectivity index (χ3v) is 6.14. The molecule has 0 aliphatic heterocycles. The van der Waals surface area contributed by atoms with Crippen molar-refractivity contribution in [3.05, 3.63) is 94.1 Å². The standard InChI is InChI=1S/C28H22F7NO3/c1-2-38-26(37)24-14-18(28(33,34)35)13-23(36-24)20-8-5-7-19(20)21-12-17(27(30,31)32)10-11-25(21)39-15-16-6-3-4-9-22(16)29/h3-4,6,9-14H,2,5,7-8,15H2,1H3. The molecular formula is C28H22F7NO3. The summed E-state index contributed by atoms with van der Waals surface area (Å²) in [4.78, 5) is 16.3. The maximum absolute atomic E-state index is 14.1. The molecule has 0 bridgehead atoms. The number of halogens is 7. The number of alkyl halides is 6. The molecule has 0 amide bonds. The first-order valence-electron chi connectivity index (χ1n) is 11.9. The molecule has 0 fully saturated rings. The number of pyridine rings is 1. The molecule has 0 N–H and O–H groups in total. The van der Waals surface area contributed by atoms with E-state index in [0.717, 1.165) is 24.3 Å². The minimum absolute atomic E-state index is 0.00162. The summed E-state index contributed by atoms with van der Waals surface area (Å²) < 4.78 is 107. The fraction of sp³-hybridized carbons (Fsp3) is 0.286. The summed E-state index contributed by atoms with van der Waals surface area (Å²) >= 11 is 0. The largest absolute Gasteiger partial charge is 0.488 e. The maximum Gasteiger partial charge on any atom is 0.416 e. The molecule has 4 rings (SSSR count). The lowest BCUT2D eigenvalue weighted by molar-refractivity contribution is -0.138. The van der Waals surface area contributed by atoms with Crippen molar-refractivity contribution in [1.82, 2.24) is 4.98 Å². The van der Waals surface area contributed by atoms with Crippen LogP contribution in [0.3, 0.4) is 0 Å². The van der Waals surface area contributed by atoms with Gasteiger partial charge in [0.15, 0.2) is 0 Å². The Labute approximate surface area is 219 Å². The van der Waals surface area contributed by atoms with Crippen LogP contribution in [0, 0.1) is 5.82 Å².